The fourth-order valence-corrected chi connectivity index (χ4v) is 1.27. The minimum absolute atomic E-state index is 0.0149. The van der Waals surface area contributed by atoms with Crippen LogP contribution in [-0.2, 0) is 19.4 Å². The summed E-state index contributed by atoms with van der Waals surface area (Å²) < 4.78 is 26.7. The van der Waals surface area contributed by atoms with Crippen LogP contribution in [-0.4, -0.2) is 38.4 Å². The lowest BCUT2D eigenvalue weighted by Crippen LogP contribution is -2.24. The van der Waals surface area contributed by atoms with Gasteiger partial charge in [-0.1, -0.05) is 0 Å². The van der Waals surface area contributed by atoms with Crippen molar-refractivity contribution in [3.05, 3.63) is 0 Å². The number of rotatable bonds is 5. The molecule has 0 N–H and O–H groups in total. The Morgan fingerprint density at radius 3 is 2.14 bits per heavy atom. The van der Waals surface area contributed by atoms with Crippen LogP contribution in [0.5, 0.6) is 0 Å². The van der Waals surface area contributed by atoms with Gasteiger partial charge >= 0.3 is 0 Å². The predicted molar refractivity (Wildman–Crippen MR) is 55.0 cm³/mol. The highest BCUT2D eigenvalue weighted by Gasteiger charge is 2.14. The minimum Gasteiger partial charge on any atom is -0.368 e. The molecule has 0 saturated heterocycles. The average molecular weight is 222 g/mol. The van der Waals surface area contributed by atoms with Gasteiger partial charge in [0.1, 0.15) is 16.4 Å². The largest absolute Gasteiger partial charge is 0.368 e. The van der Waals surface area contributed by atoms with Crippen molar-refractivity contribution in [1.82, 2.24) is 0 Å². The summed E-state index contributed by atoms with van der Waals surface area (Å²) in [5.74, 6) is -0.273. The summed E-state index contributed by atoms with van der Waals surface area (Å²) in [6.07, 6.45) is 1.15. The van der Waals surface area contributed by atoms with E-state index in [4.69, 9.17) is 4.74 Å². The fraction of sp³-hybridized carbons (Fsp3) is 0.889. The lowest BCUT2D eigenvalue weighted by Gasteiger charge is -2.18. The summed E-state index contributed by atoms with van der Waals surface area (Å²) in [4.78, 5) is 11.1. The maximum atomic E-state index is 11.1. The van der Waals surface area contributed by atoms with Crippen LogP contribution in [0.15, 0.2) is 0 Å². The standard InChI is InChI=1S/C9H18O4S/c1-9(2,3)13-7-8(10)5-6-14(4,11)12/h5-7H2,1-4H3. The molecular weight excluding hydrogens is 204 g/mol. The summed E-state index contributed by atoms with van der Waals surface area (Å²) in [6.45, 7) is 5.52. The minimum atomic E-state index is -3.05. The van der Waals surface area contributed by atoms with Gasteiger partial charge in [-0.15, -0.1) is 0 Å². The predicted octanol–water partition coefficient (Wildman–Crippen LogP) is 0.805. The Morgan fingerprint density at radius 2 is 1.79 bits per heavy atom. The first kappa shape index (κ1) is 13.6. The second kappa shape index (κ2) is 4.89. The third-order valence-electron chi connectivity index (χ3n) is 1.42. The van der Waals surface area contributed by atoms with E-state index in [1.165, 1.54) is 0 Å². The molecule has 0 aliphatic rings. The van der Waals surface area contributed by atoms with Crippen LogP contribution in [0.2, 0.25) is 0 Å². The fourth-order valence-electron chi connectivity index (χ4n) is 0.668. The summed E-state index contributed by atoms with van der Waals surface area (Å²) in [6, 6.07) is 0. The number of carbonyl (C=O) groups is 1. The Labute approximate surface area is 85.6 Å². The molecule has 0 radical (unpaired) electrons. The number of ether oxygens (including phenoxy) is 1. The van der Waals surface area contributed by atoms with Gasteiger partial charge in [-0.05, 0) is 20.8 Å². The molecular formula is C9H18O4S. The van der Waals surface area contributed by atoms with E-state index in [-0.39, 0.29) is 30.2 Å². The third kappa shape index (κ3) is 9.67. The van der Waals surface area contributed by atoms with Gasteiger partial charge < -0.3 is 4.74 Å². The molecule has 0 heterocycles. The van der Waals surface area contributed by atoms with E-state index >= 15 is 0 Å². The topological polar surface area (TPSA) is 60.4 Å². The second-order valence-electron chi connectivity index (χ2n) is 4.32. The van der Waals surface area contributed by atoms with Gasteiger partial charge in [-0.2, -0.15) is 0 Å². The smallest absolute Gasteiger partial charge is 0.159 e. The van der Waals surface area contributed by atoms with E-state index in [0.717, 1.165) is 6.26 Å². The van der Waals surface area contributed by atoms with Gasteiger partial charge in [0.2, 0.25) is 0 Å². The lowest BCUT2D eigenvalue weighted by atomic mass is 10.2. The van der Waals surface area contributed by atoms with Gasteiger partial charge in [0.25, 0.3) is 0 Å². The molecule has 0 aliphatic carbocycles. The van der Waals surface area contributed by atoms with Crippen molar-refractivity contribution in [1.29, 1.82) is 0 Å². The molecule has 14 heavy (non-hydrogen) atoms. The van der Waals surface area contributed by atoms with Crippen molar-refractivity contribution < 1.29 is 17.9 Å². The van der Waals surface area contributed by atoms with Crippen LogP contribution < -0.4 is 0 Å². The van der Waals surface area contributed by atoms with E-state index in [1.54, 1.807) is 0 Å². The van der Waals surface area contributed by atoms with Crippen LogP contribution in [0.4, 0.5) is 0 Å². The van der Waals surface area contributed by atoms with Gasteiger partial charge in [-0.25, -0.2) is 8.42 Å². The first-order valence-electron chi connectivity index (χ1n) is 4.43. The van der Waals surface area contributed by atoms with Crippen molar-refractivity contribution in [2.24, 2.45) is 0 Å². The van der Waals surface area contributed by atoms with Crippen molar-refractivity contribution in [2.75, 3.05) is 18.6 Å². The molecule has 0 amide bonds. The first-order valence-corrected chi connectivity index (χ1v) is 6.49. The number of hydrogen-bond acceptors (Lipinski definition) is 4. The quantitative estimate of drug-likeness (QED) is 0.690. The zero-order chi connectivity index (χ0) is 11.4. The average Bonchev–Trinajstić information content (AvgIpc) is 1.94. The summed E-state index contributed by atoms with van der Waals surface area (Å²) in [5.41, 5.74) is -0.360. The lowest BCUT2D eigenvalue weighted by molar-refractivity contribution is -0.128. The van der Waals surface area contributed by atoms with E-state index in [1.807, 2.05) is 20.8 Å². The highest BCUT2D eigenvalue weighted by Crippen LogP contribution is 2.06. The SMILES string of the molecule is CC(C)(C)OCC(=O)CCS(C)(=O)=O. The molecule has 0 aromatic heterocycles. The maximum absolute atomic E-state index is 11.1. The van der Waals surface area contributed by atoms with Crippen LogP contribution in [0.1, 0.15) is 27.2 Å². The molecule has 0 aromatic rings. The van der Waals surface area contributed by atoms with Crippen LogP contribution in [0, 0.1) is 0 Å². The highest BCUT2D eigenvalue weighted by atomic mass is 32.2. The van der Waals surface area contributed by atoms with Gasteiger partial charge in [0.05, 0.1) is 11.4 Å². The highest BCUT2D eigenvalue weighted by molar-refractivity contribution is 7.90. The zero-order valence-corrected chi connectivity index (χ0v) is 9.98. The van der Waals surface area contributed by atoms with Crippen LogP contribution in [0.3, 0.4) is 0 Å². The van der Waals surface area contributed by atoms with Crippen LogP contribution in [0.25, 0.3) is 0 Å². The molecule has 4 nitrogen and oxygen atoms in total. The van der Waals surface area contributed by atoms with E-state index in [0.29, 0.717) is 0 Å². The zero-order valence-electron chi connectivity index (χ0n) is 9.16. The Bertz CT molecular complexity index is 284. The maximum Gasteiger partial charge on any atom is 0.159 e. The Kier molecular flexibility index (Phi) is 4.74. The number of sulfone groups is 1. The normalized spacial score (nSPS) is 12.9. The summed E-state index contributed by atoms with van der Waals surface area (Å²) in [5, 5.41) is 0. The number of ketones is 1. The van der Waals surface area contributed by atoms with E-state index in [9.17, 15) is 13.2 Å². The van der Waals surface area contributed by atoms with Crippen molar-refractivity contribution >= 4 is 15.6 Å². The molecule has 0 aliphatic heterocycles. The number of carbonyl (C=O) groups excluding carboxylic acids is 1. The second-order valence-corrected chi connectivity index (χ2v) is 6.58. The summed E-state index contributed by atoms with van der Waals surface area (Å²) >= 11 is 0. The van der Waals surface area contributed by atoms with Gasteiger partial charge in [0.15, 0.2) is 5.78 Å². The van der Waals surface area contributed by atoms with Crippen molar-refractivity contribution in [2.45, 2.75) is 32.8 Å². The van der Waals surface area contributed by atoms with E-state index in [2.05, 4.69) is 0 Å². The van der Waals surface area contributed by atoms with Crippen LogP contribution >= 0.6 is 0 Å². The first-order chi connectivity index (χ1) is 6.10. The molecule has 0 aromatic carbocycles. The third-order valence-corrected chi connectivity index (χ3v) is 2.36. The number of hydrogen-bond donors (Lipinski definition) is 0. The molecule has 0 spiro atoms. The molecule has 0 saturated carbocycles. The monoisotopic (exact) mass is 222 g/mol. The molecule has 0 rings (SSSR count). The van der Waals surface area contributed by atoms with Gasteiger partial charge in [0, 0.05) is 12.7 Å². The Morgan fingerprint density at radius 1 is 1.29 bits per heavy atom. The molecule has 0 fully saturated rings. The van der Waals surface area contributed by atoms with E-state index < -0.39 is 9.84 Å². The van der Waals surface area contributed by atoms with Gasteiger partial charge in [-0.3, -0.25) is 4.79 Å². The molecule has 0 unspecified atom stereocenters. The molecule has 84 valence electrons. The Balaban J connectivity index is 3.79. The molecule has 5 heteroatoms. The molecule has 0 atom stereocenters. The van der Waals surface area contributed by atoms with Crippen molar-refractivity contribution in [3.8, 4) is 0 Å². The summed E-state index contributed by atoms with van der Waals surface area (Å²) in [7, 11) is -3.05. The Hall–Kier alpha value is -0.420. The van der Waals surface area contributed by atoms with Crippen molar-refractivity contribution in [3.63, 3.8) is 0 Å². The number of Topliss-reactive ketones (excluding diaryl/α,β-unsaturated/α-hetero) is 1. The molecule has 0 bridgehead atoms.